The molecule has 0 aliphatic carbocycles. The summed E-state index contributed by atoms with van der Waals surface area (Å²) in [4.78, 5) is 12.1. The normalized spacial score (nSPS) is 10.4. The lowest BCUT2D eigenvalue weighted by Crippen LogP contribution is -2.02. The van der Waals surface area contributed by atoms with E-state index in [4.69, 9.17) is 4.42 Å². The Balaban J connectivity index is 0.00000192. The van der Waals surface area contributed by atoms with Gasteiger partial charge in [0.1, 0.15) is 22.5 Å². The van der Waals surface area contributed by atoms with Gasteiger partial charge in [-0.1, -0.05) is 0 Å². The Morgan fingerprint density at radius 1 is 0.826 bits per heavy atom. The molecule has 120 valence electrons. The van der Waals surface area contributed by atoms with Crippen molar-refractivity contribution in [3.05, 3.63) is 40.6 Å². The van der Waals surface area contributed by atoms with Gasteiger partial charge in [-0.15, -0.1) is 12.4 Å². The average molecular weight is 339 g/mol. The summed E-state index contributed by atoms with van der Waals surface area (Å²) in [7, 11) is 0. The number of phenolic OH excluding ortho intramolecular Hbond substituents is 4. The van der Waals surface area contributed by atoms with Crippen molar-refractivity contribution < 1.29 is 29.9 Å². The predicted molar refractivity (Wildman–Crippen MR) is 83.5 cm³/mol. The number of hydrogen-bond donors (Lipinski definition) is 5. The SMILES string of the molecule is Cl.O=c1c(O)c(-c2ccc(O)c(O)c2)oc2cc(O)cc(O)c12. The summed E-state index contributed by atoms with van der Waals surface area (Å²) in [6.45, 7) is 0. The van der Waals surface area contributed by atoms with E-state index in [-0.39, 0.29) is 46.2 Å². The Hall–Kier alpha value is -3.06. The zero-order valence-corrected chi connectivity index (χ0v) is 12.2. The summed E-state index contributed by atoms with van der Waals surface area (Å²) >= 11 is 0. The van der Waals surface area contributed by atoms with Crippen molar-refractivity contribution in [2.24, 2.45) is 0 Å². The van der Waals surface area contributed by atoms with Gasteiger partial charge >= 0.3 is 0 Å². The van der Waals surface area contributed by atoms with E-state index in [1.807, 2.05) is 0 Å². The second-order valence-electron chi connectivity index (χ2n) is 4.65. The van der Waals surface area contributed by atoms with Gasteiger partial charge in [0.05, 0.1) is 0 Å². The number of phenols is 4. The lowest BCUT2D eigenvalue weighted by Gasteiger charge is -2.08. The third-order valence-electron chi connectivity index (χ3n) is 3.17. The van der Waals surface area contributed by atoms with Crippen molar-refractivity contribution in [3.8, 4) is 40.1 Å². The highest BCUT2D eigenvalue weighted by molar-refractivity contribution is 5.88. The van der Waals surface area contributed by atoms with Crippen LogP contribution in [0.3, 0.4) is 0 Å². The maximum atomic E-state index is 12.1. The van der Waals surface area contributed by atoms with E-state index in [0.29, 0.717) is 0 Å². The van der Waals surface area contributed by atoms with Gasteiger partial charge in [-0.2, -0.15) is 0 Å². The molecule has 0 fully saturated rings. The standard InChI is InChI=1S/C15H10O7.ClH/c16-7-4-10(19)12-11(5-7)22-15(14(21)13(12)20)6-1-2-8(17)9(18)3-6;/h1-5,16-19,21H;1H. The lowest BCUT2D eigenvalue weighted by atomic mass is 10.1. The molecule has 0 spiro atoms. The number of fused-ring (bicyclic) bond motifs is 1. The van der Waals surface area contributed by atoms with Gasteiger partial charge in [0.2, 0.25) is 11.2 Å². The topological polar surface area (TPSA) is 131 Å². The second kappa shape index (κ2) is 5.62. The summed E-state index contributed by atoms with van der Waals surface area (Å²) < 4.78 is 5.35. The van der Waals surface area contributed by atoms with Crippen LogP contribution in [-0.2, 0) is 0 Å². The summed E-state index contributed by atoms with van der Waals surface area (Å²) in [5, 5.41) is 47.6. The molecule has 0 amide bonds. The van der Waals surface area contributed by atoms with Crippen LogP contribution in [0.1, 0.15) is 0 Å². The molecule has 0 unspecified atom stereocenters. The molecule has 0 saturated carbocycles. The number of rotatable bonds is 1. The van der Waals surface area contributed by atoms with E-state index in [9.17, 15) is 30.3 Å². The van der Waals surface area contributed by atoms with Gasteiger partial charge in [0, 0.05) is 17.7 Å². The summed E-state index contributed by atoms with van der Waals surface area (Å²) in [5.74, 6) is -2.71. The smallest absolute Gasteiger partial charge is 0.238 e. The van der Waals surface area contributed by atoms with E-state index in [2.05, 4.69) is 0 Å². The molecule has 23 heavy (non-hydrogen) atoms. The minimum Gasteiger partial charge on any atom is -0.508 e. The van der Waals surface area contributed by atoms with E-state index in [0.717, 1.165) is 24.3 Å². The molecule has 0 aliphatic rings. The molecule has 0 bridgehead atoms. The van der Waals surface area contributed by atoms with E-state index >= 15 is 0 Å². The molecule has 0 atom stereocenters. The molecule has 1 aromatic heterocycles. The van der Waals surface area contributed by atoms with Crippen LogP contribution >= 0.6 is 12.4 Å². The third kappa shape index (κ3) is 2.58. The van der Waals surface area contributed by atoms with Crippen LogP contribution in [0.4, 0.5) is 0 Å². The van der Waals surface area contributed by atoms with Gasteiger partial charge in [-0.05, 0) is 18.2 Å². The van der Waals surface area contributed by atoms with Crippen LogP contribution in [-0.4, -0.2) is 25.5 Å². The Morgan fingerprint density at radius 2 is 1.52 bits per heavy atom. The van der Waals surface area contributed by atoms with Crippen molar-refractivity contribution in [2.45, 2.75) is 0 Å². The van der Waals surface area contributed by atoms with Crippen molar-refractivity contribution in [2.75, 3.05) is 0 Å². The molecule has 0 aliphatic heterocycles. The minimum atomic E-state index is -0.888. The van der Waals surface area contributed by atoms with Crippen molar-refractivity contribution in [1.82, 2.24) is 0 Å². The average Bonchev–Trinajstić information content (AvgIpc) is 2.45. The highest BCUT2D eigenvalue weighted by Crippen LogP contribution is 2.37. The molecule has 5 N–H and O–H groups in total. The van der Waals surface area contributed by atoms with Gasteiger partial charge in [-0.25, -0.2) is 0 Å². The second-order valence-corrected chi connectivity index (χ2v) is 4.65. The number of hydrogen-bond acceptors (Lipinski definition) is 7. The Labute approximate surface area is 134 Å². The van der Waals surface area contributed by atoms with Gasteiger partial charge in [-0.3, -0.25) is 4.79 Å². The number of halogens is 1. The van der Waals surface area contributed by atoms with E-state index < -0.39 is 22.7 Å². The van der Waals surface area contributed by atoms with Crippen LogP contribution in [0.25, 0.3) is 22.3 Å². The zero-order chi connectivity index (χ0) is 16.0. The van der Waals surface area contributed by atoms with Gasteiger partial charge in [0.15, 0.2) is 17.3 Å². The van der Waals surface area contributed by atoms with Crippen LogP contribution < -0.4 is 5.43 Å². The van der Waals surface area contributed by atoms with Crippen LogP contribution in [0, 0.1) is 0 Å². The van der Waals surface area contributed by atoms with Crippen LogP contribution in [0.15, 0.2) is 39.5 Å². The molecule has 2 aromatic carbocycles. The maximum absolute atomic E-state index is 12.1. The summed E-state index contributed by atoms with van der Waals surface area (Å²) in [5.41, 5.74) is -0.890. The first-order valence-electron chi connectivity index (χ1n) is 6.12. The van der Waals surface area contributed by atoms with Crippen molar-refractivity contribution >= 4 is 23.4 Å². The molecular weight excluding hydrogens is 328 g/mol. The fraction of sp³-hybridized carbons (Fsp3) is 0. The quantitative estimate of drug-likeness (QED) is 0.430. The van der Waals surface area contributed by atoms with Crippen LogP contribution in [0.2, 0.25) is 0 Å². The number of aromatic hydroxyl groups is 5. The Bertz CT molecular complexity index is 962. The molecule has 0 saturated heterocycles. The van der Waals surface area contributed by atoms with Gasteiger partial charge in [0.25, 0.3) is 0 Å². The molecule has 3 rings (SSSR count). The first kappa shape index (κ1) is 16.3. The molecule has 1 heterocycles. The minimum absolute atomic E-state index is 0. The third-order valence-corrected chi connectivity index (χ3v) is 3.17. The maximum Gasteiger partial charge on any atom is 0.238 e. The first-order chi connectivity index (χ1) is 10.4. The Kier molecular flexibility index (Phi) is 3.98. The van der Waals surface area contributed by atoms with E-state index in [1.54, 1.807) is 0 Å². The first-order valence-corrected chi connectivity index (χ1v) is 6.12. The molecule has 7 nitrogen and oxygen atoms in total. The predicted octanol–water partition coefficient (Wildman–Crippen LogP) is 2.41. The van der Waals surface area contributed by atoms with E-state index in [1.165, 1.54) is 6.07 Å². The zero-order valence-electron chi connectivity index (χ0n) is 11.3. The fourth-order valence-corrected chi connectivity index (χ4v) is 2.14. The molecule has 3 aromatic rings. The highest BCUT2D eigenvalue weighted by atomic mass is 35.5. The highest BCUT2D eigenvalue weighted by Gasteiger charge is 2.19. The summed E-state index contributed by atoms with van der Waals surface area (Å²) in [6.07, 6.45) is 0. The number of benzene rings is 2. The molecular formula is C15H11ClO7. The lowest BCUT2D eigenvalue weighted by molar-refractivity contribution is 0.403. The Morgan fingerprint density at radius 3 is 2.17 bits per heavy atom. The monoisotopic (exact) mass is 338 g/mol. The molecule has 8 heteroatoms. The molecule has 0 radical (unpaired) electrons. The van der Waals surface area contributed by atoms with Crippen molar-refractivity contribution in [1.29, 1.82) is 0 Å². The van der Waals surface area contributed by atoms with Gasteiger partial charge < -0.3 is 29.9 Å². The van der Waals surface area contributed by atoms with Crippen molar-refractivity contribution in [3.63, 3.8) is 0 Å². The fourth-order valence-electron chi connectivity index (χ4n) is 2.14. The largest absolute Gasteiger partial charge is 0.508 e. The summed E-state index contributed by atoms with van der Waals surface area (Å²) in [6, 6.07) is 5.64. The van der Waals surface area contributed by atoms with Crippen LogP contribution in [0.5, 0.6) is 28.7 Å².